The van der Waals surface area contributed by atoms with Gasteiger partial charge < -0.3 is 25.4 Å². The second-order valence-electron chi connectivity index (χ2n) is 18.8. The zero-order valence-electron chi connectivity index (χ0n) is 37.7. The van der Waals surface area contributed by atoms with Crippen LogP contribution in [0.4, 0.5) is 11.5 Å². The van der Waals surface area contributed by atoms with Gasteiger partial charge >= 0.3 is 0 Å². The van der Waals surface area contributed by atoms with Crippen LogP contribution in [0.25, 0.3) is 33.7 Å². The molecule has 1 saturated carbocycles. The van der Waals surface area contributed by atoms with Crippen molar-refractivity contribution in [2.75, 3.05) is 43.8 Å². The number of aryl methyl sites for hydroxylation is 1. The van der Waals surface area contributed by atoms with Gasteiger partial charge in [-0.05, 0) is 139 Å². The first-order chi connectivity index (χ1) is 31.1. The lowest BCUT2D eigenvalue weighted by Crippen LogP contribution is -2.47. The molecule has 5 aromatic rings. The van der Waals surface area contributed by atoms with Gasteiger partial charge in [0.25, 0.3) is 0 Å². The van der Waals surface area contributed by atoms with Crippen molar-refractivity contribution in [1.82, 2.24) is 45.0 Å². The van der Waals surface area contributed by atoms with Crippen LogP contribution in [0, 0.1) is 6.92 Å². The fourth-order valence-corrected chi connectivity index (χ4v) is 10.1. The van der Waals surface area contributed by atoms with Crippen LogP contribution >= 0.6 is 0 Å². The maximum absolute atomic E-state index is 13.3. The normalized spacial score (nSPS) is 19.2. The number of imide groups is 1. The highest BCUT2D eigenvalue weighted by atomic mass is 16.5. The molecule has 4 N–H and O–H groups in total. The van der Waals surface area contributed by atoms with Crippen molar-refractivity contribution in [2.24, 2.45) is 0 Å². The minimum absolute atomic E-state index is 0.0618. The number of rotatable bonds is 16. The van der Waals surface area contributed by atoms with Gasteiger partial charge in [-0.1, -0.05) is 42.6 Å². The summed E-state index contributed by atoms with van der Waals surface area (Å²) in [6.45, 7) is 11.2. The van der Waals surface area contributed by atoms with Crippen LogP contribution in [0.15, 0.2) is 47.2 Å². The van der Waals surface area contributed by atoms with Crippen LogP contribution in [-0.2, 0) is 14.4 Å². The molecule has 4 aliphatic rings. The molecule has 1 atom stereocenters. The summed E-state index contributed by atoms with van der Waals surface area (Å²) < 4.78 is 7.91. The Labute approximate surface area is 375 Å². The highest BCUT2D eigenvalue weighted by molar-refractivity contribution is 6.02. The molecular weight excluding hydrogens is 807 g/mol. The molecule has 1 aliphatic carbocycles. The summed E-state index contributed by atoms with van der Waals surface area (Å²) in [4.78, 5) is 55.5. The minimum atomic E-state index is -0.360. The monoisotopic (exact) mass is 870 g/mol. The number of anilines is 2. The molecule has 64 heavy (non-hydrogen) atoms. The van der Waals surface area contributed by atoms with Gasteiger partial charge in [0.15, 0.2) is 5.65 Å². The lowest BCUT2D eigenvalue weighted by atomic mass is 9.88. The van der Waals surface area contributed by atoms with Crippen molar-refractivity contribution in [2.45, 2.75) is 141 Å². The average molecular weight is 870 g/mol. The molecule has 0 radical (unpaired) electrons. The predicted molar refractivity (Wildman–Crippen MR) is 246 cm³/mol. The van der Waals surface area contributed by atoms with E-state index in [4.69, 9.17) is 20.3 Å². The Hall–Kier alpha value is -5.70. The van der Waals surface area contributed by atoms with Gasteiger partial charge in [0.2, 0.25) is 17.7 Å². The number of likely N-dealkylation sites (tertiary alicyclic amines) is 2. The Bertz CT molecular complexity index is 2460. The lowest BCUT2D eigenvalue weighted by Gasteiger charge is -2.33. The summed E-state index contributed by atoms with van der Waals surface area (Å²) in [5.74, 6) is 2.28. The van der Waals surface area contributed by atoms with Crippen molar-refractivity contribution in [3.8, 4) is 22.6 Å². The first kappa shape index (κ1) is 43.5. The number of nitrogens with two attached hydrogens (primary N) is 1. The Kier molecular flexibility index (Phi) is 13.1. The van der Waals surface area contributed by atoms with Crippen LogP contribution in [0.1, 0.15) is 150 Å². The molecular formula is C49H63N11O4. The van der Waals surface area contributed by atoms with Crippen molar-refractivity contribution in [3.63, 3.8) is 0 Å². The molecule has 1 unspecified atom stereocenters. The summed E-state index contributed by atoms with van der Waals surface area (Å²) in [6.07, 6.45) is 14.9. The smallest absolute Gasteiger partial charge is 0.249 e. The number of carbonyl (C=O) groups is 3. The van der Waals surface area contributed by atoms with Crippen molar-refractivity contribution < 1.29 is 18.9 Å². The minimum Gasteiger partial charge on any atom is -0.383 e. The van der Waals surface area contributed by atoms with E-state index in [1.54, 1.807) is 0 Å². The summed E-state index contributed by atoms with van der Waals surface area (Å²) >= 11 is 0. The van der Waals surface area contributed by atoms with Crippen molar-refractivity contribution in [1.29, 1.82) is 0 Å². The number of nitrogen functional groups attached to an aromatic ring is 1. The number of hydrogen-bond donors (Lipinski definition) is 3. The maximum atomic E-state index is 13.3. The largest absolute Gasteiger partial charge is 0.383 e. The number of unbranched alkanes of at least 4 members (excludes halogenated alkanes) is 4. The molecule has 15 heteroatoms. The van der Waals surface area contributed by atoms with Gasteiger partial charge in [-0.3, -0.25) is 24.7 Å². The number of pyridine rings is 1. The molecule has 3 amide bonds. The van der Waals surface area contributed by atoms with Gasteiger partial charge in [-0.15, -0.1) is 0 Å². The molecule has 338 valence electrons. The van der Waals surface area contributed by atoms with Crippen LogP contribution in [-0.4, -0.2) is 96.2 Å². The standard InChI is InChI=1S/C49H63N11O4/c1-30(2)60-48-43(47(50)51-29-52-48)44(56-60)45-42(46(64-57-45)35-10-11-35)38-17-16-37(31(3)53-38)34-22-27-59(28-23-34)41(62)9-7-5-4-6-8-24-58-25-20-33(21-26-58)32-12-14-36(15-13-32)54-39-18-19-40(61)55-49(39)63/h12-17,29-30,33-35,39,54H,4-11,18-28H2,1-3H3,(H2,50,51,52)(H,55,61,63). The van der Waals surface area contributed by atoms with E-state index in [2.05, 4.69) is 92.7 Å². The number of piperidine rings is 3. The van der Waals surface area contributed by atoms with Crippen LogP contribution in [0.2, 0.25) is 0 Å². The number of nitrogens with zero attached hydrogens (tertiary/aromatic N) is 8. The second-order valence-corrected chi connectivity index (χ2v) is 18.8. The molecule has 4 fully saturated rings. The molecule has 15 nitrogen and oxygen atoms in total. The van der Waals surface area contributed by atoms with Crippen molar-refractivity contribution >= 4 is 40.3 Å². The summed E-state index contributed by atoms with van der Waals surface area (Å²) in [5.41, 5.74) is 14.5. The second kappa shape index (κ2) is 19.2. The first-order valence-corrected chi connectivity index (χ1v) is 23.8. The van der Waals surface area contributed by atoms with E-state index in [9.17, 15) is 14.4 Å². The number of fused-ring (bicyclic) bond motifs is 1. The van der Waals surface area contributed by atoms with Crippen LogP contribution in [0.3, 0.4) is 0 Å². The highest BCUT2D eigenvalue weighted by Gasteiger charge is 2.36. The van der Waals surface area contributed by atoms with E-state index in [1.165, 1.54) is 36.7 Å². The number of amides is 3. The Balaban J connectivity index is 0.692. The quantitative estimate of drug-likeness (QED) is 0.0640. The van der Waals surface area contributed by atoms with Gasteiger partial charge in [-0.25, -0.2) is 14.6 Å². The summed E-state index contributed by atoms with van der Waals surface area (Å²) in [5, 5.41) is 15.9. The molecule has 1 aromatic carbocycles. The van der Waals surface area contributed by atoms with E-state index in [-0.39, 0.29) is 29.8 Å². The third-order valence-electron chi connectivity index (χ3n) is 14.0. The first-order valence-electron chi connectivity index (χ1n) is 23.8. The predicted octanol–water partition coefficient (Wildman–Crippen LogP) is 8.04. The Morgan fingerprint density at radius 3 is 2.31 bits per heavy atom. The number of hydrogen-bond acceptors (Lipinski definition) is 12. The summed E-state index contributed by atoms with van der Waals surface area (Å²) in [7, 11) is 0. The number of nitrogens with one attached hydrogen (secondary N) is 2. The molecule has 4 aromatic heterocycles. The van der Waals surface area contributed by atoms with E-state index >= 15 is 0 Å². The third-order valence-corrected chi connectivity index (χ3v) is 14.0. The number of benzene rings is 1. The lowest BCUT2D eigenvalue weighted by molar-refractivity contribution is -0.134. The molecule has 3 saturated heterocycles. The van der Waals surface area contributed by atoms with E-state index < -0.39 is 0 Å². The summed E-state index contributed by atoms with van der Waals surface area (Å²) in [6, 6.07) is 12.5. The molecule has 0 spiro atoms. The van der Waals surface area contributed by atoms with E-state index in [1.807, 2.05) is 4.68 Å². The third kappa shape index (κ3) is 9.55. The van der Waals surface area contributed by atoms with Crippen LogP contribution in [0.5, 0.6) is 0 Å². The van der Waals surface area contributed by atoms with Crippen molar-refractivity contribution in [3.05, 3.63) is 65.3 Å². The van der Waals surface area contributed by atoms with Gasteiger partial charge in [0.05, 0.1) is 16.6 Å². The fraction of sp³-hybridized carbons (Fsp3) is 0.551. The molecule has 3 aliphatic heterocycles. The van der Waals surface area contributed by atoms with Crippen LogP contribution < -0.4 is 16.4 Å². The molecule has 9 rings (SSSR count). The molecule has 0 bridgehead atoms. The number of aromatic nitrogens is 6. The van der Waals surface area contributed by atoms with E-state index in [0.717, 1.165) is 112 Å². The number of carbonyl (C=O) groups excluding carboxylic acids is 3. The van der Waals surface area contributed by atoms with Gasteiger partial charge in [-0.2, -0.15) is 5.10 Å². The highest BCUT2D eigenvalue weighted by Crippen LogP contribution is 2.48. The van der Waals surface area contributed by atoms with E-state index in [0.29, 0.717) is 65.3 Å². The van der Waals surface area contributed by atoms with Gasteiger partial charge in [0.1, 0.15) is 35.3 Å². The topological polar surface area (TPSA) is 190 Å². The van der Waals surface area contributed by atoms with Gasteiger partial charge in [0, 0.05) is 49.3 Å². The molecule has 7 heterocycles. The zero-order chi connectivity index (χ0) is 44.3. The SMILES string of the molecule is Cc1nc(-c2c(-c3nn(C(C)C)c4ncnc(N)c34)noc2C2CC2)ccc1C1CCN(C(=O)CCCCCCCN2CCC(c3ccc(NC4CCC(=O)NC4=O)cc3)CC2)CC1. The maximum Gasteiger partial charge on any atom is 0.249 e. The Morgan fingerprint density at radius 2 is 1.59 bits per heavy atom. The average Bonchev–Trinajstić information content (AvgIpc) is 3.92. The zero-order valence-corrected chi connectivity index (χ0v) is 37.7. The Morgan fingerprint density at radius 1 is 0.859 bits per heavy atom. The fourth-order valence-electron chi connectivity index (χ4n) is 10.1.